The van der Waals surface area contributed by atoms with Crippen LogP contribution in [0.4, 0.5) is 0 Å². The van der Waals surface area contributed by atoms with Gasteiger partial charge in [-0.2, -0.15) is 0 Å². The fraction of sp³-hybridized carbons (Fsp3) is 0.600. The van der Waals surface area contributed by atoms with Crippen LogP contribution in [0.25, 0.3) is 0 Å². The molecule has 0 spiro atoms. The highest BCUT2D eigenvalue weighted by Gasteiger charge is 2.35. The summed E-state index contributed by atoms with van der Waals surface area (Å²) in [6.07, 6.45) is 3.76. The quantitative estimate of drug-likeness (QED) is 0.834. The van der Waals surface area contributed by atoms with Gasteiger partial charge in [0.1, 0.15) is 0 Å². The number of halogens is 2. The van der Waals surface area contributed by atoms with Gasteiger partial charge in [-0.15, -0.1) is 22.9 Å². The molecule has 1 aromatic heterocycles. The average Bonchev–Trinajstić information content (AvgIpc) is 2.50. The number of thiophene rings is 1. The average molecular weight is 295 g/mol. The third kappa shape index (κ3) is 2.32. The topological polar surface area (TPSA) is 12.0 Å². The molecule has 0 unspecified atom stereocenters. The molecule has 1 saturated carbocycles. The summed E-state index contributed by atoms with van der Waals surface area (Å²) in [6.45, 7) is 0.947. The van der Waals surface area contributed by atoms with Crippen molar-refractivity contribution in [3.8, 4) is 0 Å². The first-order valence-electron chi connectivity index (χ1n) is 4.78. The maximum atomic E-state index is 5.96. The van der Waals surface area contributed by atoms with Gasteiger partial charge in [-0.3, -0.25) is 0 Å². The van der Waals surface area contributed by atoms with Crippen LogP contribution in [-0.2, 0) is 6.54 Å². The van der Waals surface area contributed by atoms with Crippen molar-refractivity contribution < 1.29 is 0 Å². The van der Waals surface area contributed by atoms with Crippen molar-refractivity contribution in [2.75, 3.05) is 5.88 Å². The van der Waals surface area contributed by atoms with Crippen molar-refractivity contribution >= 4 is 38.9 Å². The molecule has 1 aromatic rings. The van der Waals surface area contributed by atoms with E-state index in [1.54, 1.807) is 11.3 Å². The molecule has 1 nitrogen and oxygen atoms in total. The Balaban J connectivity index is 1.87. The zero-order valence-corrected chi connectivity index (χ0v) is 11.0. The van der Waals surface area contributed by atoms with Crippen molar-refractivity contribution in [1.82, 2.24) is 5.32 Å². The summed E-state index contributed by atoms with van der Waals surface area (Å²) in [6, 6.07) is 2.16. The summed E-state index contributed by atoms with van der Waals surface area (Å²) >= 11 is 11.2. The molecule has 0 saturated heterocycles. The van der Waals surface area contributed by atoms with E-state index in [4.69, 9.17) is 11.6 Å². The largest absolute Gasteiger partial charge is 0.305 e. The monoisotopic (exact) mass is 293 g/mol. The van der Waals surface area contributed by atoms with Crippen LogP contribution in [0.2, 0.25) is 0 Å². The SMILES string of the molecule is ClCC1(NCc2cc(Br)cs2)CCC1. The van der Waals surface area contributed by atoms with E-state index in [9.17, 15) is 0 Å². The minimum atomic E-state index is 0.234. The highest BCUT2D eigenvalue weighted by Crippen LogP contribution is 2.33. The molecule has 1 aliphatic carbocycles. The Morgan fingerprint density at radius 2 is 2.36 bits per heavy atom. The van der Waals surface area contributed by atoms with Gasteiger partial charge in [0.15, 0.2) is 0 Å². The fourth-order valence-electron chi connectivity index (χ4n) is 1.68. The van der Waals surface area contributed by atoms with E-state index >= 15 is 0 Å². The Kier molecular flexibility index (Phi) is 3.53. The number of nitrogens with one attached hydrogen (secondary N) is 1. The second-order valence-electron chi connectivity index (χ2n) is 3.85. The van der Waals surface area contributed by atoms with E-state index in [1.165, 1.54) is 28.6 Å². The molecule has 78 valence electrons. The summed E-state index contributed by atoms with van der Waals surface area (Å²) in [7, 11) is 0. The highest BCUT2D eigenvalue weighted by molar-refractivity contribution is 9.10. The van der Waals surface area contributed by atoms with Gasteiger partial charge in [0.25, 0.3) is 0 Å². The standard InChI is InChI=1S/C10H13BrClNS/c11-8-4-9(14-6-8)5-13-10(7-12)2-1-3-10/h4,6,13H,1-3,5,7H2. The minimum absolute atomic E-state index is 0.234. The molecule has 1 fully saturated rings. The van der Waals surface area contributed by atoms with Gasteiger partial charge >= 0.3 is 0 Å². The van der Waals surface area contributed by atoms with Crippen LogP contribution >= 0.6 is 38.9 Å². The van der Waals surface area contributed by atoms with Crippen molar-refractivity contribution in [2.45, 2.75) is 31.3 Å². The molecule has 1 aliphatic rings. The Hall–Kier alpha value is 0.430. The highest BCUT2D eigenvalue weighted by atomic mass is 79.9. The lowest BCUT2D eigenvalue weighted by Crippen LogP contribution is -2.52. The smallest absolute Gasteiger partial charge is 0.0406 e. The van der Waals surface area contributed by atoms with E-state index in [0.29, 0.717) is 0 Å². The third-order valence-corrected chi connectivity index (χ3v) is 5.04. The predicted molar refractivity (Wildman–Crippen MR) is 66.2 cm³/mol. The Bertz CT molecular complexity index is 303. The molecule has 1 heterocycles. The van der Waals surface area contributed by atoms with Crippen LogP contribution in [0.15, 0.2) is 15.9 Å². The van der Waals surface area contributed by atoms with E-state index in [1.807, 2.05) is 0 Å². The van der Waals surface area contributed by atoms with Crippen LogP contribution in [-0.4, -0.2) is 11.4 Å². The van der Waals surface area contributed by atoms with E-state index < -0.39 is 0 Å². The zero-order valence-electron chi connectivity index (χ0n) is 7.85. The predicted octanol–water partition coefficient (Wildman–Crippen LogP) is 3.76. The van der Waals surface area contributed by atoms with Crippen LogP contribution in [0.5, 0.6) is 0 Å². The van der Waals surface area contributed by atoms with E-state index in [0.717, 1.165) is 12.4 Å². The van der Waals surface area contributed by atoms with Crippen LogP contribution in [0, 0.1) is 0 Å². The molecule has 0 aromatic carbocycles. The van der Waals surface area contributed by atoms with Gasteiger partial charge in [0, 0.05) is 32.7 Å². The van der Waals surface area contributed by atoms with Crippen LogP contribution in [0.3, 0.4) is 0 Å². The molecule has 0 aliphatic heterocycles. The number of hydrogen-bond donors (Lipinski definition) is 1. The van der Waals surface area contributed by atoms with Gasteiger partial charge in [-0.05, 0) is 41.3 Å². The summed E-state index contributed by atoms with van der Waals surface area (Å²) in [5, 5.41) is 5.69. The minimum Gasteiger partial charge on any atom is -0.305 e. The molecule has 2 rings (SSSR count). The molecule has 4 heteroatoms. The maximum Gasteiger partial charge on any atom is 0.0406 e. The lowest BCUT2D eigenvalue weighted by Gasteiger charge is -2.41. The van der Waals surface area contributed by atoms with Crippen LogP contribution in [0.1, 0.15) is 24.1 Å². The fourth-order valence-corrected chi connectivity index (χ4v) is 3.43. The second-order valence-corrected chi connectivity index (χ2v) is 6.03. The van der Waals surface area contributed by atoms with Gasteiger partial charge in [0.2, 0.25) is 0 Å². The first-order valence-corrected chi connectivity index (χ1v) is 6.99. The number of rotatable bonds is 4. The number of hydrogen-bond acceptors (Lipinski definition) is 2. The molecule has 14 heavy (non-hydrogen) atoms. The van der Waals surface area contributed by atoms with Gasteiger partial charge in [0.05, 0.1) is 0 Å². The first kappa shape index (κ1) is 10.9. The van der Waals surface area contributed by atoms with Gasteiger partial charge in [-0.25, -0.2) is 0 Å². The lowest BCUT2D eigenvalue weighted by molar-refractivity contribution is 0.211. The summed E-state index contributed by atoms with van der Waals surface area (Å²) in [5.41, 5.74) is 0.234. The Labute approximate surface area is 102 Å². The Morgan fingerprint density at radius 3 is 2.79 bits per heavy atom. The van der Waals surface area contributed by atoms with E-state index in [-0.39, 0.29) is 5.54 Å². The molecular formula is C10H13BrClNS. The molecular weight excluding hydrogens is 282 g/mol. The lowest BCUT2D eigenvalue weighted by atomic mass is 9.78. The van der Waals surface area contributed by atoms with Crippen molar-refractivity contribution in [3.05, 3.63) is 20.8 Å². The summed E-state index contributed by atoms with van der Waals surface area (Å²) in [4.78, 5) is 1.37. The summed E-state index contributed by atoms with van der Waals surface area (Å²) < 4.78 is 1.17. The second kappa shape index (κ2) is 4.52. The van der Waals surface area contributed by atoms with Gasteiger partial charge in [-0.1, -0.05) is 0 Å². The first-order chi connectivity index (χ1) is 6.74. The molecule has 0 atom stereocenters. The van der Waals surface area contributed by atoms with Crippen molar-refractivity contribution in [2.24, 2.45) is 0 Å². The summed E-state index contributed by atoms with van der Waals surface area (Å²) in [5.74, 6) is 0.736. The maximum absolute atomic E-state index is 5.96. The normalized spacial score (nSPS) is 19.3. The van der Waals surface area contributed by atoms with Crippen LogP contribution < -0.4 is 5.32 Å². The zero-order chi connectivity index (χ0) is 10.0. The molecule has 0 bridgehead atoms. The molecule has 0 radical (unpaired) electrons. The van der Waals surface area contributed by atoms with Crippen molar-refractivity contribution in [1.29, 1.82) is 0 Å². The van der Waals surface area contributed by atoms with Gasteiger partial charge < -0.3 is 5.32 Å². The van der Waals surface area contributed by atoms with Crippen molar-refractivity contribution in [3.63, 3.8) is 0 Å². The molecule has 1 N–H and O–H groups in total. The number of alkyl halides is 1. The Morgan fingerprint density at radius 1 is 1.57 bits per heavy atom. The van der Waals surface area contributed by atoms with E-state index in [2.05, 4.69) is 32.7 Å². The molecule has 0 amide bonds. The third-order valence-electron chi connectivity index (χ3n) is 2.83.